The van der Waals surface area contributed by atoms with Gasteiger partial charge in [-0.05, 0) is 24.0 Å². The molecule has 0 aliphatic rings. The van der Waals surface area contributed by atoms with Crippen LogP contribution in [0.3, 0.4) is 0 Å². The van der Waals surface area contributed by atoms with Crippen molar-refractivity contribution in [2.75, 3.05) is 17.2 Å². The number of hydrogen-bond donors (Lipinski definition) is 2. The molecule has 112 valence electrons. The lowest BCUT2D eigenvalue weighted by Crippen LogP contribution is -2.14. The fraction of sp³-hybridized carbons (Fsp3) is 0.375. The van der Waals surface area contributed by atoms with Crippen molar-refractivity contribution < 1.29 is 4.39 Å². The van der Waals surface area contributed by atoms with Gasteiger partial charge in [0.15, 0.2) is 11.6 Å². The summed E-state index contributed by atoms with van der Waals surface area (Å²) in [5, 5.41) is 6.06. The lowest BCUT2D eigenvalue weighted by Gasteiger charge is -2.23. The van der Waals surface area contributed by atoms with E-state index in [9.17, 15) is 4.39 Å². The summed E-state index contributed by atoms with van der Waals surface area (Å²) >= 11 is 0. The van der Waals surface area contributed by atoms with E-state index in [1.54, 1.807) is 0 Å². The zero-order valence-corrected chi connectivity index (χ0v) is 12.9. The average Bonchev–Trinajstić information content (AvgIpc) is 2.42. The van der Waals surface area contributed by atoms with Crippen molar-refractivity contribution in [2.45, 2.75) is 33.1 Å². The van der Waals surface area contributed by atoms with Gasteiger partial charge in [-0.25, -0.2) is 9.37 Å². The molecule has 1 heterocycles. The van der Waals surface area contributed by atoms with Crippen molar-refractivity contribution >= 4 is 17.5 Å². The van der Waals surface area contributed by atoms with Gasteiger partial charge in [0.2, 0.25) is 5.95 Å². The van der Waals surface area contributed by atoms with Crippen LogP contribution >= 0.6 is 0 Å². The van der Waals surface area contributed by atoms with E-state index in [1.165, 1.54) is 6.20 Å². The second kappa shape index (κ2) is 6.08. The normalized spacial score (nSPS) is 11.3. The molecule has 2 rings (SSSR count). The molecule has 0 aliphatic carbocycles. The van der Waals surface area contributed by atoms with Crippen LogP contribution < -0.4 is 10.6 Å². The zero-order valence-electron chi connectivity index (χ0n) is 12.9. The van der Waals surface area contributed by atoms with Gasteiger partial charge in [0, 0.05) is 12.2 Å². The molecule has 0 fully saturated rings. The molecule has 0 spiro atoms. The lowest BCUT2D eigenvalue weighted by atomic mass is 9.86. The van der Waals surface area contributed by atoms with E-state index in [0.29, 0.717) is 12.5 Å². The highest BCUT2D eigenvalue weighted by atomic mass is 19.1. The maximum absolute atomic E-state index is 13.9. The predicted molar refractivity (Wildman–Crippen MR) is 84.6 cm³/mol. The molecule has 1 aromatic heterocycles. The Balaban J connectivity index is 2.36. The highest BCUT2D eigenvalue weighted by Crippen LogP contribution is 2.31. The fourth-order valence-corrected chi connectivity index (χ4v) is 2.07. The van der Waals surface area contributed by atoms with Crippen molar-refractivity contribution in [1.82, 2.24) is 9.97 Å². The van der Waals surface area contributed by atoms with Gasteiger partial charge >= 0.3 is 0 Å². The molecule has 1 aromatic carbocycles. The Morgan fingerprint density at radius 3 is 2.57 bits per heavy atom. The molecular weight excluding hydrogens is 267 g/mol. The third-order valence-electron chi connectivity index (χ3n) is 3.07. The van der Waals surface area contributed by atoms with Gasteiger partial charge < -0.3 is 10.6 Å². The molecule has 0 bridgehead atoms. The minimum absolute atomic E-state index is 0.0440. The molecule has 0 aliphatic heterocycles. The number of rotatable bonds is 4. The van der Waals surface area contributed by atoms with E-state index in [1.807, 2.05) is 31.2 Å². The fourth-order valence-electron chi connectivity index (χ4n) is 2.07. The average molecular weight is 288 g/mol. The Hall–Kier alpha value is -2.17. The third-order valence-corrected chi connectivity index (χ3v) is 3.07. The molecule has 5 heteroatoms. The summed E-state index contributed by atoms with van der Waals surface area (Å²) in [6.45, 7) is 8.98. The van der Waals surface area contributed by atoms with E-state index in [2.05, 4.69) is 41.4 Å². The number of anilines is 3. The van der Waals surface area contributed by atoms with Gasteiger partial charge in [-0.15, -0.1) is 0 Å². The van der Waals surface area contributed by atoms with Crippen LogP contribution in [-0.2, 0) is 5.41 Å². The lowest BCUT2D eigenvalue weighted by molar-refractivity contribution is 0.591. The molecular formula is C16H21FN4. The number of nitrogens with one attached hydrogen (secondary N) is 2. The van der Waals surface area contributed by atoms with Crippen LogP contribution in [-0.4, -0.2) is 16.5 Å². The Bertz CT molecular complexity index is 620. The standard InChI is InChI=1S/C16H21FN4/c1-5-18-15-19-10-12(17)14(21-15)20-13-9-7-6-8-11(13)16(2,3)4/h6-10H,5H2,1-4H3,(H2,18,19,20,21). The van der Waals surface area contributed by atoms with Crippen molar-refractivity contribution in [3.05, 3.63) is 41.8 Å². The first-order valence-electron chi connectivity index (χ1n) is 7.04. The van der Waals surface area contributed by atoms with E-state index < -0.39 is 5.82 Å². The number of benzene rings is 1. The van der Waals surface area contributed by atoms with Crippen LogP contribution in [0.5, 0.6) is 0 Å². The quantitative estimate of drug-likeness (QED) is 0.889. The van der Waals surface area contributed by atoms with Crippen LogP contribution in [0.15, 0.2) is 30.5 Å². The van der Waals surface area contributed by atoms with Gasteiger partial charge in [0.25, 0.3) is 0 Å². The monoisotopic (exact) mass is 288 g/mol. The van der Waals surface area contributed by atoms with Gasteiger partial charge in [-0.1, -0.05) is 39.0 Å². The number of nitrogens with zero attached hydrogens (tertiary/aromatic N) is 2. The van der Waals surface area contributed by atoms with Crippen LogP contribution in [0.4, 0.5) is 21.8 Å². The maximum Gasteiger partial charge on any atom is 0.224 e. The van der Waals surface area contributed by atoms with E-state index in [0.717, 1.165) is 11.3 Å². The van der Waals surface area contributed by atoms with Crippen LogP contribution in [0.1, 0.15) is 33.3 Å². The summed E-state index contributed by atoms with van der Waals surface area (Å²) in [7, 11) is 0. The topological polar surface area (TPSA) is 49.8 Å². The molecule has 0 saturated heterocycles. The molecule has 0 radical (unpaired) electrons. The van der Waals surface area contributed by atoms with E-state index in [4.69, 9.17) is 0 Å². The van der Waals surface area contributed by atoms with Gasteiger partial charge in [0.1, 0.15) is 0 Å². The van der Waals surface area contributed by atoms with Crippen molar-refractivity contribution in [3.8, 4) is 0 Å². The van der Waals surface area contributed by atoms with Crippen molar-refractivity contribution in [2.24, 2.45) is 0 Å². The van der Waals surface area contributed by atoms with Crippen molar-refractivity contribution in [1.29, 1.82) is 0 Å². The largest absolute Gasteiger partial charge is 0.354 e. The third kappa shape index (κ3) is 3.68. The molecule has 0 unspecified atom stereocenters. The Kier molecular flexibility index (Phi) is 4.40. The predicted octanol–water partition coefficient (Wildman–Crippen LogP) is 4.09. The summed E-state index contributed by atoms with van der Waals surface area (Å²) in [5.74, 6) is 0.118. The summed E-state index contributed by atoms with van der Waals surface area (Å²) in [6, 6.07) is 7.86. The maximum atomic E-state index is 13.9. The first kappa shape index (κ1) is 15.2. The second-order valence-corrected chi connectivity index (χ2v) is 5.84. The first-order chi connectivity index (χ1) is 9.91. The summed E-state index contributed by atoms with van der Waals surface area (Å²) in [6.07, 6.45) is 1.17. The SMILES string of the molecule is CCNc1ncc(F)c(Nc2ccccc2C(C)(C)C)n1. The van der Waals surface area contributed by atoms with Gasteiger partial charge in [0.05, 0.1) is 6.20 Å². The molecule has 2 aromatic rings. The highest BCUT2D eigenvalue weighted by Gasteiger charge is 2.18. The number of para-hydroxylation sites is 1. The van der Waals surface area contributed by atoms with Crippen molar-refractivity contribution in [3.63, 3.8) is 0 Å². The number of aromatic nitrogens is 2. The van der Waals surface area contributed by atoms with Crippen LogP contribution in [0, 0.1) is 5.82 Å². The molecule has 2 N–H and O–H groups in total. The van der Waals surface area contributed by atoms with E-state index in [-0.39, 0.29) is 11.2 Å². The summed E-state index contributed by atoms with van der Waals surface area (Å²) in [4.78, 5) is 8.08. The highest BCUT2D eigenvalue weighted by molar-refractivity contribution is 5.63. The minimum Gasteiger partial charge on any atom is -0.354 e. The smallest absolute Gasteiger partial charge is 0.224 e. The van der Waals surface area contributed by atoms with Crippen LogP contribution in [0.25, 0.3) is 0 Å². The van der Waals surface area contributed by atoms with Gasteiger partial charge in [-0.2, -0.15) is 4.98 Å². The van der Waals surface area contributed by atoms with E-state index >= 15 is 0 Å². The number of halogens is 1. The molecule has 0 atom stereocenters. The molecule has 0 saturated carbocycles. The first-order valence-corrected chi connectivity index (χ1v) is 7.04. The minimum atomic E-state index is -0.472. The van der Waals surface area contributed by atoms with Crippen LogP contribution in [0.2, 0.25) is 0 Å². The zero-order chi connectivity index (χ0) is 15.5. The van der Waals surface area contributed by atoms with Gasteiger partial charge in [-0.3, -0.25) is 0 Å². The summed E-state index contributed by atoms with van der Waals surface area (Å²) < 4.78 is 13.9. The second-order valence-electron chi connectivity index (χ2n) is 5.84. The summed E-state index contributed by atoms with van der Waals surface area (Å²) in [5.41, 5.74) is 1.91. The molecule has 0 amide bonds. The molecule has 21 heavy (non-hydrogen) atoms. The Morgan fingerprint density at radius 2 is 1.90 bits per heavy atom. The Morgan fingerprint density at radius 1 is 1.19 bits per heavy atom. The number of hydrogen-bond acceptors (Lipinski definition) is 4. The Labute approximate surface area is 124 Å². The molecule has 4 nitrogen and oxygen atoms in total.